The highest BCUT2D eigenvalue weighted by molar-refractivity contribution is 6.03. The summed E-state index contributed by atoms with van der Waals surface area (Å²) in [6.07, 6.45) is 8.04. The normalized spacial score (nSPS) is 17.7. The van der Waals surface area contributed by atoms with E-state index in [1.807, 2.05) is 80.6 Å². The van der Waals surface area contributed by atoms with Crippen molar-refractivity contribution in [3.63, 3.8) is 0 Å². The molecule has 1 aliphatic rings. The van der Waals surface area contributed by atoms with Crippen molar-refractivity contribution in [2.24, 2.45) is 5.73 Å². The van der Waals surface area contributed by atoms with Crippen LogP contribution in [0.1, 0.15) is 25.0 Å². The molecule has 0 fully saturated rings. The van der Waals surface area contributed by atoms with E-state index in [4.69, 9.17) is 15.2 Å². The molecule has 142 valence electrons. The topological polar surface area (TPSA) is 61.5 Å². The lowest BCUT2D eigenvalue weighted by atomic mass is 10.1. The maximum absolute atomic E-state index is 12.1. The van der Waals surface area contributed by atoms with Gasteiger partial charge in [0.1, 0.15) is 11.5 Å². The van der Waals surface area contributed by atoms with Crippen LogP contribution < -0.4 is 5.73 Å². The zero-order valence-electron chi connectivity index (χ0n) is 16.0. The minimum absolute atomic E-state index is 0.197. The maximum atomic E-state index is 12.1. The van der Waals surface area contributed by atoms with E-state index >= 15 is 0 Å². The zero-order valence-corrected chi connectivity index (χ0v) is 16.0. The number of hydrogen-bond acceptors (Lipinski definition) is 4. The van der Waals surface area contributed by atoms with E-state index in [-0.39, 0.29) is 5.78 Å². The second-order valence-electron chi connectivity index (χ2n) is 6.77. The number of ether oxygens (including phenoxy) is 2. The first-order valence-electron chi connectivity index (χ1n) is 9.03. The van der Waals surface area contributed by atoms with E-state index in [2.05, 4.69) is 0 Å². The Hall–Kier alpha value is -3.53. The van der Waals surface area contributed by atoms with Crippen molar-refractivity contribution in [3.05, 3.63) is 108 Å². The first kappa shape index (κ1) is 19.2. The molecule has 0 bridgehead atoms. The molecule has 0 saturated heterocycles. The molecule has 1 aliphatic heterocycles. The Labute approximate surface area is 165 Å². The lowest BCUT2D eigenvalue weighted by molar-refractivity contribution is -0.149. The van der Waals surface area contributed by atoms with Crippen molar-refractivity contribution < 1.29 is 14.3 Å². The molecule has 0 spiro atoms. The highest BCUT2D eigenvalue weighted by Gasteiger charge is 2.28. The molecule has 0 aromatic heterocycles. The van der Waals surface area contributed by atoms with Crippen molar-refractivity contribution in [2.45, 2.75) is 19.6 Å². The van der Waals surface area contributed by atoms with Gasteiger partial charge < -0.3 is 15.2 Å². The summed E-state index contributed by atoms with van der Waals surface area (Å²) in [5.41, 5.74) is 8.17. The quantitative estimate of drug-likeness (QED) is 0.764. The summed E-state index contributed by atoms with van der Waals surface area (Å²) in [5, 5.41) is 0. The second kappa shape index (κ2) is 8.44. The van der Waals surface area contributed by atoms with Gasteiger partial charge in [0.2, 0.25) is 5.79 Å². The highest BCUT2D eigenvalue weighted by Crippen LogP contribution is 2.32. The summed E-state index contributed by atoms with van der Waals surface area (Å²) >= 11 is 0. The molecule has 1 heterocycles. The highest BCUT2D eigenvalue weighted by atomic mass is 16.7. The molecule has 2 aromatic rings. The number of nitrogens with two attached hydrogens (primary N) is 1. The standard InChI is InChI=1S/C24H23NO3/c1-24(2)27-21(17-23(28-24)19-12-7-4-8-13-19)15-9-14-20(26)16-22(25)18-10-5-3-6-11-18/h3-17H,25H2,1-2H3. The molecule has 4 heteroatoms. The van der Waals surface area contributed by atoms with Gasteiger partial charge in [-0.05, 0) is 17.7 Å². The average Bonchev–Trinajstić information content (AvgIpc) is 2.68. The Balaban J connectivity index is 1.75. The molecule has 3 rings (SSSR count). The van der Waals surface area contributed by atoms with Gasteiger partial charge in [0.15, 0.2) is 5.78 Å². The molecule has 0 aliphatic carbocycles. The summed E-state index contributed by atoms with van der Waals surface area (Å²) < 4.78 is 11.7. The van der Waals surface area contributed by atoms with Crippen molar-refractivity contribution in [1.82, 2.24) is 0 Å². The molecule has 4 nitrogen and oxygen atoms in total. The molecule has 0 radical (unpaired) electrons. The molecule has 0 saturated carbocycles. The van der Waals surface area contributed by atoms with Crippen LogP contribution in [0.5, 0.6) is 0 Å². The Bertz CT molecular complexity index is 952. The third-order valence-corrected chi connectivity index (χ3v) is 3.98. The van der Waals surface area contributed by atoms with E-state index in [1.165, 1.54) is 12.2 Å². The Morgan fingerprint density at radius 2 is 1.61 bits per heavy atom. The fraction of sp³-hybridized carbons (Fsp3) is 0.125. The van der Waals surface area contributed by atoms with Crippen molar-refractivity contribution >= 4 is 17.2 Å². The van der Waals surface area contributed by atoms with E-state index in [9.17, 15) is 4.79 Å². The van der Waals surface area contributed by atoms with Gasteiger partial charge in [0, 0.05) is 37.3 Å². The maximum Gasteiger partial charge on any atom is 0.245 e. The molecule has 0 atom stereocenters. The van der Waals surface area contributed by atoms with Crippen LogP contribution in [-0.2, 0) is 14.3 Å². The Kier molecular flexibility index (Phi) is 5.80. The lowest BCUT2D eigenvalue weighted by Crippen LogP contribution is -2.30. The van der Waals surface area contributed by atoms with Gasteiger partial charge in [0.25, 0.3) is 0 Å². The number of hydrogen-bond donors (Lipinski definition) is 1. The number of rotatable bonds is 5. The number of carbonyl (C=O) groups excluding carboxylic acids is 1. The zero-order chi connectivity index (χ0) is 20.0. The first-order chi connectivity index (χ1) is 13.4. The van der Waals surface area contributed by atoms with E-state index in [0.29, 0.717) is 11.5 Å². The molecular weight excluding hydrogens is 350 g/mol. The van der Waals surface area contributed by atoms with E-state index < -0.39 is 5.79 Å². The van der Waals surface area contributed by atoms with Crippen LogP contribution in [-0.4, -0.2) is 11.6 Å². The number of allylic oxidation sites excluding steroid dienone is 5. The molecule has 28 heavy (non-hydrogen) atoms. The van der Waals surface area contributed by atoms with Crippen molar-refractivity contribution in [2.75, 3.05) is 0 Å². The molecule has 2 aromatic carbocycles. The van der Waals surface area contributed by atoms with Gasteiger partial charge in [-0.25, -0.2) is 0 Å². The first-order valence-corrected chi connectivity index (χ1v) is 9.03. The Morgan fingerprint density at radius 3 is 2.29 bits per heavy atom. The fourth-order valence-electron chi connectivity index (χ4n) is 2.74. The molecule has 2 N–H and O–H groups in total. The third kappa shape index (κ3) is 5.24. The van der Waals surface area contributed by atoms with Gasteiger partial charge in [-0.1, -0.05) is 66.7 Å². The smallest absolute Gasteiger partial charge is 0.245 e. The van der Waals surface area contributed by atoms with E-state index in [0.717, 1.165) is 16.9 Å². The monoisotopic (exact) mass is 373 g/mol. The summed E-state index contributed by atoms with van der Waals surface area (Å²) in [4.78, 5) is 12.1. The lowest BCUT2D eigenvalue weighted by Gasteiger charge is -2.33. The predicted octanol–water partition coefficient (Wildman–Crippen LogP) is 4.82. The van der Waals surface area contributed by atoms with Crippen LogP contribution in [0.2, 0.25) is 0 Å². The van der Waals surface area contributed by atoms with Crippen LogP contribution in [0.3, 0.4) is 0 Å². The average molecular weight is 373 g/mol. The summed E-state index contributed by atoms with van der Waals surface area (Å²) in [6, 6.07) is 19.2. The van der Waals surface area contributed by atoms with Crippen LogP contribution in [0, 0.1) is 0 Å². The summed E-state index contributed by atoms with van der Waals surface area (Å²) in [7, 11) is 0. The van der Waals surface area contributed by atoms with Crippen LogP contribution in [0.4, 0.5) is 0 Å². The SMILES string of the molecule is CC1(C)OC(=CC=CC(=O)C=C(N)c2ccccc2)C=C(c2ccccc2)O1. The fourth-order valence-corrected chi connectivity index (χ4v) is 2.74. The van der Waals surface area contributed by atoms with Crippen LogP contribution in [0.15, 0.2) is 96.8 Å². The molecular formula is C24H23NO3. The van der Waals surface area contributed by atoms with Gasteiger partial charge in [-0.3, -0.25) is 4.79 Å². The molecule has 0 amide bonds. The number of ketones is 1. The minimum Gasteiger partial charge on any atom is -0.453 e. The predicted molar refractivity (Wildman–Crippen MR) is 112 cm³/mol. The Morgan fingerprint density at radius 1 is 0.964 bits per heavy atom. The van der Waals surface area contributed by atoms with Gasteiger partial charge >= 0.3 is 0 Å². The van der Waals surface area contributed by atoms with Gasteiger partial charge in [-0.15, -0.1) is 0 Å². The van der Waals surface area contributed by atoms with Crippen LogP contribution >= 0.6 is 0 Å². The van der Waals surface area contributed by atoms with Crippen LogP contribution in [0.25, 0.3) is 11.5 Å². The largest absolute Gasteiger partial charge is 0.453 e. The number of carbonyl (C=O) groups is 1. The second-order valence-corrected chi connectivity index (χ2v) is 6.77. The molecule has 0 unspecified atom stereocenters. The number of benzene rings is 2. The van der Waals surface area contributed by atoms with Gasteiger partial charge in [-0.2, -0.15) is 0 Å². The third-order valence-electron chi connectivity index (χ3n) is 3.98. The van der Waals surface area contributed by atoms with E-state index in [1.54, 1.807) is 12.2 Å². The van der Waals surface area contributed by atoms with Crippen molar-refractivity contribution in [3.8, 4) is 0 Å². The minimum atomic E-state index is -0.804. The summed E-state index contributed by atoms with van der Waals surface area (Å²) in [6.45, 7) is 3.68. The summed E-state index contributed by atoms with van der Waals surface area (Å²) in [5.74, 6) is 0.327. The van der Waals surface area contributed by atoms with Crippen molar-refractivity contribution in [1.29, 1.82) is 0 Å². The van der Waals surface area contributed by atoms with Gasteiger partial charge in [0.05, 0.1) is 0 Å².